The molecule has 0 amide bonds. The molecule has 2 aromatic rings. The first kappa shape index (κ1) is 15.1. The van der Waals surface area contributed by atoms with Crippen molar-refractivity contribution in [2.24, 2.45) is 5.73 Å². The first-order chi connectivity index (χ1) is 10.4. The van der Waals surface area contributed by atoms with Crippen molar-refractivity contribution in [2.45, 2.75) is 29.0 Å². The van der Waals surface area contributed by atoms with E-state index in [1.807, 2.05) is 43.3 Å². The Morgan fingerprint density at radius 2 is 1.59 bits per heavy atom. The molecule has 4 nitrogen and oxygen atoms in total. The summed E-state index contributed by atoms with van der Waals surface area (Å²) in [5, 5.41) is -0.552. The zero-order valence-electron chi connectivity index (χ0n) is 12.6. The highest BCUT2D eigenvalue weighted by molar-refractivity contribution is 7.92. The Bertz CT molecular complexity index is 767. The summed E-state index contributed by atoms with van der Waals surface area (Å²) in [7, 11) is -1.80. The molecule has 0 aliphatic heterocycles. The number of hydrogen-bond donors (Lipinski definition) is 1. The molecule has 3 unspecified atom stereocenters. The molecule has 1 saturated carbocycles. The molecule has 0 radical (unpaired) electrons. The van der Waals surface area contributed by atoms with Crippen LogP contribution >= 0.6 is 0 Å². The number of hydrogen-bond acceptors (Lipinski definition) is 4. The number of benzene rings is 2. The third-order valence-corrected chi connectivity index (χ3v) is 6.47. The van der Waals surface area contributed by atoms with E-state index >= 15 is 0 Å². The molecule has 116 valence electrons. The molecule has 22 heavy (non-hydrogen) atoms. The summed E-state index contributed by atoms with van der Waals surface area (Å²) in [6.07, 6.45) is 0. The van der Waals surface area contributed by atoms with Gasteiger partial charge in [-0.05, 0) is 36.8 Å². The van der Waals surface area contributed by atoms with E-state index in [0.717, 1.165) is 16.9 Å². The van der Waals surface area contributed by atoms with Gasteiger partial charge in [0.25, 0.3) is 0 Å². The summed E-state index contributed by atoms with van der Waals surface area (Å²) in [6.45, 7) is 1.93. The van der Waals surface area contributed by atoms with Crippen molar-refractivity contribution in [1.82, 2.24) is 0 Å². The van der Waals surface area contributed by atoms with Crippen molar-refractivity contribution >= 4 is 9.84 Å². The predicted octanol–water partition coefficient (Wildman–Crippen LogP) is 2.27. The largest absolute Gasteiger partial charge is 0.497 e. The highest BCUT2D eigenvalue weighted by Gasteiger charge is 2.57. The lowest BCUT2D eigenvalue weighted by Gasteiger charge is -2.05. The number of rotatable bonds is 4. The van der Waals surface area contributed by atoms with Gasteiger partial charge in [-0.15, -0.1) is 0 Å². The zero-order valence-corrected chi connectivity index (χ0v) is 13.4. The monoisotopic (exact) mass is 317 g/mol. The first-order valence-electron chi connectivity index (χ1n) is 7.15. The molecule has 3 rings (SSSR count). The number of sulfone groups is 1. The maximum Gasteiger partial charge on any atom is 0.183 e. The van der Waals surface area contributed by atoms with Crippen molar-refractivity contribution in [3.8, 4) is 5.75 Å². The minimum absolute atomic E-state index is 0.155. The summed E-state index contributed by atoms with van der Waals surface area (Å²) in [4.78, 5) is 0.342. The van der Waals surface area contributed by atoms with Crippen molar-refractivity contribution < 1.29 is 13.2 Å². The van der Waals surface area contributed by atoms with Gasteiger partial charge in [0.15, 0.2) is 9.84 Å². The predicted molar refractivity (Wildman–Crippen MR) is 85.9 cm³/mol. The molecule has 2 aromatic carbocycles. The lowest BCUT2D eigenvalue weighted by atomic mass is 10.1. The summed E-state index contributed by atoms with van der Waals surface area (Å²) in [5.74, 6) is 0.591. The van der Waals surface area contributed by atoms with Gasteiger partial charge in [0.2, 0.25) is 0 Å². The van der Waals surface area contributed by atoms with Gasteiger partial charge >= 0.3 is 0 Å². The van der Waals surface area contributed by atoms with Gasteiger partial charge < -0.3 is 10.5 Å². The van der Waals surface area contributed by atoms with Crippen LogP contribution in [0.25, 0.3) is 0 Å². The van der Waals surface area contributed by atoms with Crippen LogP contribution in [0.3, 0.4) is 0 Å². The van der Waals surface area contributed by atoms with E-state index in [-0.39, 0.29) is 12.0 Å². The molecular formula is C17H19NO3S. The lowest BCUT2D eigenvalue weighted by molar-refractivity contribution is 0.414. The Morgan fingerprint density at radius 1 is 1.00 bits per heavy atom. The van der Waals surface area contributed by atoms with E-state index in [1.54, 1.807) is 19.2 Å². The summed E-state index contributed by atoms with van der Waals surface area (Å²) in [6, 6.07) is 14.0. The maximum atomic E-state index is 12.7. The number of ether oxygens (including phenoxy) is 1. The Labute approximate surface area is 130 Å². The van der Waals surface area contributed by atoms with Crippen LogP contribution in [-0.2, 0) is 9.84 Å². The van der Waals surface area contributed by atoms with Gasteiger partial charge in [-0.25, -0.2) is 8.42 Å². The molecule has 0 bridgehead atoms. The number of nitrogens with two attached hydrogens (primary N) is 1. The van der Waals surface area contributed by atoms with Crippen LogP contribution in [0, 0.1) is 6.92 Å². The second kappa shape index (κ2) is 5.41. The SMILES string of the molecule is COc1ccc(C2C(N)C2S(=O)(=O)c2ccc(C)cc2)cc1. The summed E-state index contributed by atoms with van der Waals surface area (Å²) in [5.41, 5.74) is 8.03. The van der Waals surface area contributed by atoms with E-state index in [4.69, 9.17) is 10.5 Å². The molecule has 5 heteroatoms. The van der Waals surface area contributed by atoms with Gasteiger partial charge in [-0.1, -0.05) is 29.8 Å². The molecule has 0 aromatic heterocycles. The van der Waals surface area contributed by atoms with Crippen LogP contribution in [0.2, 0.25) is 0 Å². The molecule has 1 aliphatic carbocycles. The van der Waals surface area contributed by atoms with E-state index in [2.05, 4.69) is 0 Å². The van der Waals surface area contributed by atoms with Gasteiger partial charge in [0.1, 0.15) is 5.75 Å². The Hall–Kier alpha value is -1.85. The Kier molecular flexibility index (Phi) is 3.70. The molecule has 2 N–H and O–H groups in total. The van der Waals surface area contributed by atoms with Crippen LogP contribution in [0.1, 0.15) is 17.0 Å². The maximum absolute atomic E-state index is 12.7. The first-order valence-corrected chi connectivity index (χ1v) is 8.70. The van der Waals surface area contributed by atoms with E-state index in [1.165, 1.54) is 0 Å². The van der Waals surface area contributed by atoms with Gasteiger partial charge in [0, 0.05) is 12.0 Å². The van der Waals surface area contributed by atoms with Crippen LogP contribution in [0.4, 0.5) is 0 Å². The minimum atomic E-state index is -3.40. The molecule has 0 heterocycles. The van der Waals surface area contributed by atoms with Gasteiger partial charge in [0.05, 0.1) is 17.3 Å². The van der Waals surface area contributed by atoms with Crippen molar-refractivity contribution in [2.75, 3.05) is 7.11 Å². The fraction of sp³-hybridized carbons (Fsp3) is 0.294. The van der Waals surface area contributed by atoms with E-state index in [9.17, 15) is 8.42 Å². The number of aryl methyl sites for hydroxylation is 1. The number of methoxy groups -OCH3 is 1. The van der Waals surface area contributed by atoms with Crippen molar-refractivity contribution in [3.63, 3.8) is 0 Å². The molecule has 3 atom stereocenters. The second-order valence-electron chi connectivity index (χ2n) is 5.70. The van der Waals surface area contributed by atoms with E-state index < -0.39 is 15.1 Å². The molecule has 1 fully saturated rings. The summed E-state index contributed by atoms with van der Waals surface area (Å²) >= 11 is 0. The smallest absolute Gasteiger partial charge is 0.183 e. The third kappa shape index (κ3) is 2.51. The van der Waals surface area contributed by atoms with E-state index in [0.29, 0.717) is 4.90 Å². The van der Waals surface area contributed by atoms with Crippen molar-refractivity contribution in [3.05, 3.63) is 59.7 Å². The quantitative estimate of drug-likeness (QED) is 0.939. The average molecular weight is 317 g/mol. The van der Waals surface area contributed by atoms with Crippen molar-refractivity contribution in [1.29, 1.82) is 0 Å². The second-order valence-corrected chi connectivity index (χ2v) is 7.80. The Balaban J connectivity index is 1.87. The minimum Gasteiger partial charge on any atom is -0.497 e. The Morgan fingerprint density at radius 3 is 2.14 bits per heavy atom. The molecular weight excluding hydrogens is 298 g/mol. The average Bonchev–Trinajstić information content (AvgIpc) is 3.20. The topological polar surface area (TPSA) is 69.4 Å². The van der Waals surface area contributed by atoms with Gasteiger partial charge in [-0.2, -0.15) is 0 Å². The fourth-order valence-corrected chi connectivity index (χ4v) is 4.87. The van der Waals surface area contributed by atoms with Crippen LogP contribution in [0.5, 0.6) is 5.75 Å². The third-order valence-electron chi connectivity index (χ3n) is 4.22. The molecule has 1 aliphatic rings. The summed E-state index contributed by atoms with van der Waals surface area (Å²) < 4.78 is 30.6. The normalized spacial score (nSPS) is 24.0. The van der Waals surface area contributed by atoms with Crippen LogP contribution in [-0.4, -0.2) is 26.8 Å². The van der Waals surface area contributed by atoms with Crippen LogP contribution in [0.15, 0.2) is 53.4 Å². The lowest BCUT2D eigenvalue weighted by Crippen LogP contribution is -2.15. The van der Waals surface area contributed by atoms with Crippen LogP contribution < -0.4 is 10.5 Å². The highest BCUT2D eigenvalue weighted by Crippen LogP contribution is 2.47. The molecule has 0 spiro atoms. The standard InChI is InChI=1S/C17H19NO3S/c1-11-3-9-14(10-4-11)22(19,20)17-15(16(17)18)12-5-7-13(21-2)8-6-12/h3-10,15-17H,18H2,1-2H3. The zero-order chi connectivity index (χ0) is 15.9. The highest BCUT2D eigenvalue weighted by atomic mass is 32.2. The van der Waals surface area contributed by atoms with Gasteiger partial charge in [-0.3, -0.25) is 0 Å². The fourth-order valence-electron chi connectivity index (χ4n) is 2.83. The molecule has 0 saturated heterocycles.